The molecule has 2 bridgehead atoms. The van der Waals surface area contributed by atoms with Crippen molar-refractivity contribution in [3.05, 3.63) is 39.7 Å². The van der Waals surface area contributed by atoms with Gasteiger partial charge in [-0.05, 0) is 87.5 Å². The number of aliphatic hydroxyl groups is 1. The Morgan fingerprint density at radius 1 is 1.24 bits per heavy atom. The molecule has 4 atom stereocenters. The van der Waals surface area contributed by atoms with Gasteiger partial charge in [0.1, 0.15) is 17.3 Å². The Balaban J connectivity index is 1.23. The van der Waals surface area contributed by atoms with Gasteiger partial charge in [-0.2, -0.15) is 5.10 Å². The Kier molecular flexibility index (Phi) is 7.02. The highest BCUT2D eigenvalue weighted by atomic mass is 32.1. The van der Waals surface area contributed by atoms with Gasteiger partial charge in [0.05, 0.1) is 24.4 Å². The van der Waals surface area contributed by atoms with E-state index in [0.29, 0.717) is 23.8 Å². The summed E-state index contributed by atoms with van der Waals surface area (Å²) in [5, 5.41) is 18.2. The van der Waals surface area contributed by atoms with Crippen LogP contribution in [-0.4, -0.2) is 72.9 Å². The van der Waals surface area contributed by atoms with Crippen LogP contribution >= 0.6 is 11.3 Å². The van der Waals surface area contributed by atoms with Gasteiger partial charge in [-0.1, -0.05) is 13.8 Å². The number of rotatable bonds is 8. The van der Waals surface area contributed by atoms with Gasteiger partial charge in [-0.25, -0.2) is 13.9 Å². The number of pyridine rings is 1. The minimum absolute atomic E-state index is 0.167. The number of nitrogens with zero attached hydrogens (tertiary/aromatic N) is 4. The summed E-state index contributed by atoms with van der Waals surface area (Å²) in [5.74, 6) is 1.18. The van der Waals surface area contributed by atoms with Crippen molar-refractivity contribution in [3.8, 4) is 11.3 Å². The molecular weight excluding hydrogens is 539 g/mol. The lowest BCUT2D eigenvalue weighted by Crippen LogP contribution is -2.46. The van der Waals surface area contributed by atoms with Crippen LogP contribution in [-0.2, 0) is 4.79 Å². The molecule has 2 aliphatic rings. The van der Waals surface area contributed by atoms with Gasteiger partial charge in [-0.15, -0.1) is 11.3 Å². The van der Waals surface area contributed by atoms with Crippen LogP contribution in [0.5, 0.6) is 0 Å². The molecule has 8 nitrogen and oxygen atoms in total. The van der Waals surface area contributed by atoms with Crippen molar-refractivity contribution in [2.75, 3.05) is 19.6 Å². The molecule has 2 unspecified atom stereocenters. The number of halogens is 1. The number of amides is 1. The van der Waals surface area contributed by atoms with Crippen molar-refractivity contribution in [1.82, 2.24) is 29.8 Å². The van der Waals surface area contributed by atoms with E-state index >= 15 is 0 Å². The van der Waals surface area contributed by atoms with Gasteiger partial charge in [0, 0.05) is 34.6 Å². The van der Waals surface area contributed by atoms with Gasteiger partial charge < -0.3 is 15.4 Å². The SMILES string of the molecule is Cc1c(-c2[nH]c3sc([C@@H]4CC5CC4CN5CC(=O)NC[C@@H](F)C(C)(C)O)c(C)c3c2C(C)C)cn2ncnc2c1C. The van der Waals surface area contributed by atoms with Crippen LogP contribution in [0.15, 0.2) is 12.5 Å². The zero-order valence-corrected chi connectivity index (χ0v) is 25.8. The lowest BCUT2D eigenvalue weighted by atomic mass is 9.88. The zero-order valence-electron chi connectivity index (χ0n) is 25.0. The van der Waals surface area contributed by atoms with Crippen molar-refractivity contribution >= 4 is 33.1 Å². The second kappa shape index (κ2) is 10.2. The Morgan fingerprint density at radius 3 is 2.66 bits per heavy atom. The summed E-state index contributed by atoms with van der Waals surface area (Å²) in [6.07, 6.45) is 4.35. The van der Waals surface area contributed by atoms with Crippen LogP contribution in [0.2, 0.25) is 0 Å². The van der Waals surface area contributed by atoms with E-state index in [9.17, 15) is 14.3 Å². The highest BCUT2D eigenvalue weighted by Crippen LogP contribution is 2.53. The van der Waals surface area contributed by atoms with Gasteiger partial charge in [0.2, 0.25) is 5.91 Å². The minimum atomic E-state index is -1.49. The molecule has 10 heteroatoms. The number of thiophene rings is 1. The second-order valence-corrected chi connectivity index (χ2v) is 14.1. The molecule has 1 saturated carbocycles. The molecule has 5 heterocycles. The molecule has 1 saturated heterocycles. The highest BCUT2D eigenvalue weighted by molar-refractivity contribution is 7.19. The lowest BCUT2D eigenvalue weighted by molar-refractivity contribution is -0.123. The summed E-state index contributed by atoms with van der Waals surface area (Å²) >= 11 is 1.90. The normalized spacial score (nSPS) is 22.0. The van der Waals surface area contributed by atoms with Crippen molar-refractivity contribution in [2.45, 2.75) is 91.0 Å². The standard InChI is InChI=1S/C31H41FN6O2S/c1-15(2)25-26-18(5)28(41-30(26)36-27(25)22-12-38-29(34-14-35-38)17(4)16(22)3)21-9-20-8-19(21)11-37(20)13-24(39)33-10-23(32)31(6,7)40/h12,14-15,19-21,23,36,40H,8-11,13H2,1-7H3,(H,33,39)/t19?,20?,21-,23-/m1/s1. The third-order valence-corrected chi connectivity index (χ3v) is 10.9. The third-order valence-electron chi connectivity index (χ3n) is 9.52. The van der Waals surface area contributed by atoms with Gasteiger partial charge in [-0.3, -0.25) is 9.69 Å². The largest absolute Gasteiger partial charge is 0.387 e. The minimum Gasteiger partial charge on any atom is -0.387 e. The second-order valence-electron chi connectivity index (χ2n) is 13.0. The summed E-state index contributed by atoms with van der Waals surface area (Å²) in [6, 6.07) is 0.367. The third kappa shape index (κ3) is 4.77. The number of nitrogens with one attached hydrogen (secondary N) is 2. The van der Waals surface area contributed by atoms with E-state index in [1.54, 1.807) is 6.33 Å². The fourth-order valence-electron chi connectivity index (χ4n) is 7.10. The maximum absolute atomic E-state index is 14.1. The van der Waals surface area contributed by atoms with E-state index in [-0.39, 0.29) is 19.0 Å². The molecule has 0 radical (unpaired) electrons. The number of H-pyrrole nitrogens is 1. The molecule has 4 aromatic heterocycles. The fraction of sp³-hybridized carbons (Fsp3) is 0.581. The maximum Gasteiger partial charge on any atom is 0.234 e. The van der Waals surface area contributed by atoms with Crippen molar-refractivity contribution in [3.63, 3.8) is 0 Å². The molecule has 0 spiro atoms. The fourth-order valence-corrected chi connectivity index (χ4v) is 8.53. The Morgan fingerprint density at radius 2 is 2.00 bits per heavy atom. The molecule has 4 aromatic rings. The van der Waals surface area contributed by atoms with E-state index in [2.05, 4.69) is 66.1 Å². The van der Waals surface area contributed by atoms with E-state index in [0.717, 1.165) is 30.6 Å². The Labute approximate surface area is 244 Å². The number of aromatic nitrogens is 4. The number of hydrogen-bond acceptors (Lipinski definition) is 6. The highest BCUT2D eigenvalue weighted by Gasteiger charge is 2.46. The van der Waals surface area contributed by atoms with Crippen LogP contribution in [0.1, 0.15) is 79.5 Å². The number of aromatic amines is 1. The summed E-state index contributed by atoms with van der Waals surface area (Å²) in [4.78, 5) is 25.8. The molecular formula is C31H41FN6O2S. The average Bonchev–Trinajstić information content (AvgIpc) is 3.71. The number of likely N-dealkylation sites (tertiary alicyclic amines) is 1. The smallest absolute Gasteiger partial charge is 0.234 e. The molecule has 41 heavy (non-hydrogen) atoms. The molecule has 2 fully saturated rings. The van der Waals surface area contributed by atoms with Gasteiger partial charge in [0.25, 0.3) is 0 Å². The van der Waals surface area contributed by atoms with Crippen LogP contribution < -0.4 is 5.32 Å². The maximum atomic E-state index is 14.1. The van der Waals surface area contributed by atoms with E-state index in [4.69, 9.17) is 0 Å². The molecule has 1 amide bonds. The predicted octanol–water partition coefficient (Wildman–Crippen LogP) is 5.39. The zero-order chi connectivity index (χ0) is 29.4. The number of fused-ring (bicyclic) bond motifs is 4. The Hall–Kier alpha value is -2.82. The molecule has 3 N–H and O–H groups in total. The van der Waals surface area contributed by atoms with E-state index in [1.807, 2.05) is 15.9 Å². The molecule has 6 rings (SSSR count). The number of aryl methyl sites for hydroxylation is 2. The van der Waals surface area contributed by atoms with E-state index in [1.165, 1.54) is 56.9 Å². The average molecular weight is 581 g/mol. The monoisotopic (exact) mass is 580 g/mol. The first kappa shape index (κ1) is 28.3. The van der Waals surface area contributed by atoms with Crippen LogP contribution in [0, 0.1) is 26.7 Å². The number of piperidine rings is 1. The first-order chi connectivity index (χ1) is 19.3. The Bertz CT molecular complexity index is 1630. The van der Waals surface area contributed by atoms with Crippen LogP contribution in [0.25, 0.3) is 27.1 Å². The first-order valence-electron chi connectivity index (χ1n) is 14.7. The molecule has 220 valence electrons. The summed E-state index contributed by atoms with van der Waals surface area (Å²) < 4.78 is 15.9. The molecule has 0 aromatic carbocycles. The van der Waals surface area contributed by atoms with Crippen LogP contribution in [0.3, 0.4) is 0 Å². The predicted molar refractivity (Wildman–Crippen MR) is 161 cm³/mol. The summed E-state index contributed by atoms with van der Waals surface area (Å²) in [5.41, 5.74) is 6.89. The van der Waals surface area contributed by atoms with Crippen molar-refractivity contribution in [1.29, 1.82) is 0 Å². The van der Waals surface area contributed by atoms with Crippen molar-refractivity contribution in [2.24, 2.45) is 5.92 Å². The van der Waals surface area contributed by atoms with Gasteiger partial charge in [0.15, 0.2) is 5.65 Å². The quantitative estimate of drug-likeness (QED) is 0.260. The topological polar surface area (TPSA) is 98.5 Å². The number of carbonyl (C=O) groups excluding carboxylic acids is 1. The first-order valence-corrected chi connectivity index (χ1v) is 15.5. The molecule has 1 aliphatic carbocycles. The molecule has 1 aliphatic heterocycles. The number of carbonyl (C=O) groups is 1. The number of hydrogen-bond donors (Lipinski definition) is 3. The van der Waals surface area contributed by atoms with Crippen molar-refractivity contribution < 1.29 is 14.3 Å². The van der Waals surface area contributed by atoms with Crippen LogP contribution in [0.4, 0.5) is 4.39 Å². The summed E-state index contributed by atoms with van der Waals surface area (Å²) in [6.45, 7) is 14.9. The van der Waals surface area contributed by atoms with Gasteiger partial charge >= 0.3 is 0 Å². The number of alkyl halides is 1. The lowest BCUT2D eigenvalue weighted by Gasteiger charge is -2.31. The summed E-state index contributed by atoms with van der Waals surface area (Å²) in [7, 11) is 0. The van der Waals surface area contributed by atoms with E-state index < -0.39 is 11.8 Å².